The van der Waals surface area contributed by atoms with E-state index in [1.54, 1.807) is 24.1 Å². The van der Waals surface area contributed by atoms with Gasteiger partial charge in [-0.05, 0) is 31.0 Å². The first-order valence-corrected chi connectivity index (χ1v) is 6.57. The molecule has 0 aliphatic heterocycles. The van der Waals surface area contributed by atoms with Crippen molar-refractivity contribution in [2.24, 2.45) is 0 Å². The van der Waals surface area contributed by atoms with Gasteiger partial charge in [-0.15, -0.1) is 10.2 Å². The van der Waals surface area contributed by atoms with Crippen molar-refractivity contribution in [3.05, 3.63) is 36.4 Å². The maximum Gasteiger partial charge on any atom is 0.221 e. The van der Waals surface area contributed by atoms with E-state index in [4.69, 9.17) is 4.74 Å². The summed E-state index contributed by atoms with van der Waals surface area (Å²) >= 11 is 0. The molecule has 3 aromatic heterocycles. The molecule has 1 saturated carbocycles. The molecule has 0 N–H and O–H groups in total. The maximum absolute atomic E-state index is 5.35. The molecule has 4 rings (SSSR count). The molecule has 0 saturated heterocycles. The van der Waals surface area contributed by atoms with E-state index in [9.17, 15) is 0 Å². The Hall–Kier alpha value is -2.50. The van der Waals surface area contributed by atoms with Crippen LogP contribution in [0, 0.1) is 0 Å². The molecular weight excluding hydrogens is 254 g/mol. The van der Waals surface area contributed by atoms with Gasteiger partial charge in [-0.25, -0.2) is 4.98 Å². The molecular formula is C14H13N5O. The first-order chi connectivity index (χ1) is 9.86. The third-order valence-corrected chi connectivity index (χ3v) is 3.54. The number of ether oxygens (including phenoxy) is 1. The summed E-state index contributed by atoms with van der Waals surface area (Å²) in [6, 6.07) is 5.95. The normalized spacial score (nSPS) is 14.7. The Balaban J connectivity index is 1.99. The number of rotatable bonds is 3. The molecule has 3 aromatic rings. The highest BCUT2D eigenvalue weighted by atomic mass is 16.5. The summed E-state index contributed by atoms with van der Waals surface area (Å²) in [6.45, 7) is 0. The molecule has 0 atom stereocenters. The predicted molar refractivity (Wildman–Crippen MR) is 72.5 cm³/mol. The molecule has 1 aliphatic carbocycles. The van der Waals surface area contributed by atoms with Gasteiger partial charge in [0.2, 0.25) is 5.88 Å². The van der Waals surface area contributed by atoms with E-state index >= 15 is 0 Å². The number of hydrogen-bond acceptors (Lipinski definition) is 5. The summed E-state index contributed by atoms with van der Waals surface area (Å²) in [5.74, 6) is 1.15. The standard InChI is InChI=1S/C14H13N5O/c1-20-14-10(3-2-6-15-14)11-7-12(9-4-5-9)18-19-8-16-17-13(11)19/h2-3,6-9H,4-5H2,1H3. The Morgan fingerprint density at radius 2 is 2.20 bits per heavy atom. The Morgan fingerprint density at radius 3 is 3.00 bits per heavy atom. The van der Waals surface area contributed by atoms with Crippen LogP contribution in [0.25, 0.3) is 16.8 Å². The highest BCUT2D eigenvalue weighted by Crippen LogP contribution is 2.41. The molecule has 0 spiro atoms. The molecule has 0 aromatic carbocycles. The zero-order valence-electron chi connectivity index (χ0n) is 11.0. The van der Waals surface area contributed by atoms with Crippen LogP contribution in [-0.4, -0.2) is 31.9 Å². The van der Waals surface area contributed by atoms with Gasteiger partial charge in [0.25, 0.3) is 0 Å². The number of nitrogens with zero attached hydrogens (tertiary/aromatic N) is 5. The lowest BCUT2D eigenvalue weighted by atomic mass is 10.1. The summed E-state index contributed by atoms with van der Waals surface area (Å²) in [5.41, 5.74) is 3.68. The number of aromatic nitrogens is 5. The van der Waals surface area contributed by atoms with Crippen LogP contribution in [0.5, 0.6) is 5.88 Å². The first kappa shape index (κ1) is 11.3. The Morgan fingerprint density at radius 1 is 1.30 bits per heavy atom. The van der Waals surface area contributed by atoms with Crippen LogP contribution in [-0.2, 0) is 0 Å². The van der Waals surface area contributed by atoms with Gasteiger partial charge in [0.05, 0.1) is 12.8 Å². The molecule has 6 heteroatoms. The van der Waals surface area contributed by atoms with Gasteiger partial charge in [-0.1, -0.05) is 0 Å². The highest BCUT2D eigenvalue weighted by molar-refractivity contribution is 5.80. The molecule has 1 aliphatic rings. The van der Waals surface area contributed by atoms with Crippen LogP contribution in [0.1, 0.15) is 24.5 Å². The largest absolute Gasteiger partial charge is 0.481 e. The topological polar surface area (TPSA) is 65.2 Å². The van der Waals surface area contributed by atoms with Crippen LogP contribution in [0.2, 0.25) is 0 Å². The van der Waals surface area contributed by atoms with Crippen LogP contribution < -0.4 is 4.74 Å². The zero-order valence-corrected chi connectivity index (χ0v) is 11.0. The molecule has 0 amide bonds. The van der Waals surface area contributed by atoms with Crippen molar-refractivity contribution in [2.45, 2.75) is 18.8 Å². The second-order valence-corrected chi connectivity index (χ2v) is 4.92. The first-order valence-electron chi connectivity index (χ1n) is 6.57. The maximum atomic E-state index is 5.35. The monoisotopic (exact) mass is 267 g/mol. The SMILES string of the molecule is COc1ncccc1-c1cc(C2CC2)nn2cnnc12. The van der Waals surface area contributed by atoms with Gasteiger partial charge in [-0.3, -0.25) is 0 Å². The molecule has 0 radical (unpaired) electrons. The van der Waals surface area contributed by atoms with Gasteiger partial charge in [-0.2, -0.15) is 9.61 Å². The quantitative estimate of drug-likeness (QED) is 0.726. The molecule has 6 nitrogen and oxygen atoms in total. The van der Waals surface area contributed by atoms with E-state index in [0.29, 0.717) is 11.8 Å². The smallest absolute Gasteiger partial charge is 0.221 e. The number of methoxy groups -OCH3 is 1. The lowest BCUT2D eigenvalue weighted by molar-refractivity contribution is 0.399. The molecule has 20 heavy (non-hydrogen) atoms. The lowest BCUT2D eigenvalue weighted by Crippen LogP contribution is -2.00. The van der Waals surface area contributed by atoms with Crippen molar-refractivity contribution in [1.29, 1.82) is 0 Å². The summed E-state index contributed by atoms with van der Waals surface area (Å²) in [4.78, 5) is 4.25. The van der Waals surface area contributed by atoms with E-state index in [1.807, 2.05) is 12.1 Å². The molecule has 0 unspecified atom stereocenters. The second kappa shape index (κ2) is 4.26. The fourth-order valence-corrected chi connectivity index (χ4v) is 2.38. The minimum Gasteiger partial charge on any atom is -0.481 e. The van der Waals surface area contributed by atoms with Crippen LogP contribution in [0.3, 0.4) is 0 Å². The van der Waals surface area contributed by atoms with Crippen molar-refractivity contribution >= 4 is 5.65 Å². The van der Waals surface area contributed by atoms with Crippen molar-refractivity contribution in [1.82, 2.24) is 24.8 Å². The van der Waals surface area contributed by atoms with E-state index in [-0.39, 0.29) is 0 Å². The minimum absolute atomic E-state index is 0.559. The van der Waals surface area contributed by atoms with Gasteiger partial charge < -0.3 is 4.74 Å². The van der Waals surface area contributed by atoms with Gasteiger partial charge in [0.15, 0.2) is 5.65 Å². The van der Waals surface area contributed by atoms with Crippen LogP contribution in [0.15, 0.2) is 30.7 Å². The highest BCUT2D eigenvalue weighted by Gasteiger charge is 2.27. The van der Waals surface area contributed by atoms with E-state index in [2.05, 4.69) is 26.3 Å². The molecule has 0 bridgehead atoms. The Kier molecular flexibility index (Phi) is 2.42. The second-order valence-electron chi connectivity index (χ2n) is 4.92. The van der Waals surface area contributed by atoms with E-state index in [0.717, 1.165) is 22.5 Å². The fourth-order valence-electron chi connectivity index (χ4n) is 2.38. The van der Waals surface area contributed by atoms with Crippen molar-refractivity contribution < 1.29 is 4.74 Å². The van der Waals surface area contributed by atoms with Crippen molar-refractivity contribution in [3.63, 3.8) is 0 Å². The average Bonchev–Trinajstić information content (AvgIpc) is 3.24. The van der Waals surface area contributed by atoms with Crippen molar-refractivity contribution in [2.75, 3.05) is 7.11 Å². The Labute approximate surface area is 115 Å². The molecule has 1 fully saturated rings. The van der Waals surface area contributed by atoms with Gasteiger partial charge >= 0.3 is 0 Å². The fraction of sp³-hybridized carbons (Fsp3) is 0.286. The van der Waals surface area contributed by atoms with Gasteiger partial charge in [0.1, 0.15) is 6.33 Å². The third-order valence-electron chi connectivity index (χ3n) is 3.54. The summed E-state index contributed by atoms with van der Waals surface area (Å²) < 4.78 is 7.08. The molecule has 100 valence electrons. The number of fused-ring (bicyclic) bond motifs is 1. The van der Waals surface area contributed by atoms with Crippen molar-refractivity contribution in [3.8, 4) is 17.0 Å². The molecule has 3 heterocycles. The van der Waals surface area contributed by atoms with Gasteiger partial charge in [0, 0.05) is 23.2 Å². The lowest BCUT2D eigenvalue weighted by Gasteiger charge is -2.09. The van der Waals surface area contributed by atoms with Crippen LogP contribution in [0.4, 0.5) is 0 Å². The van der Waals surface area contributed by atoms with E-state index in [1.165, 1.54) is 12.8 Å². The number of pyridine rings is 1. The summed E-state index contributed by atoms with van der Waals surface area (Å²) in [6.07, 6.45) is 5.74. The third kappa shape index (κ3) is 1.72. The Bertz CT molecular complexity index is 778. The summed E-state index contributed by atoms with van der Waals surface area (Å²) in [7, 11) is 1.62. The van der Waals surface area contributed by atoms with E-state index < -0.39 is 0 Å². The number of hydrogen-bond donors (Lipinski definition) is 0. The summed E-state index contributed by atoms with van der Waals surface area (Å²) in [5, 5.41) is 12.7. The minimum atomic E-state index is 0.559. The predicted octanol–water partition coefficient (Wildman–Crippen LogP) is 2.07. The van der Waals surface area contributed by atoms with Crippen LogP contribution >= 0.6 is 0 Å². The zero-order chi connectivity index (χ0) is 13.5. The average molecular weight is 267 g/mol.